The Kier molecular flexibility index (Phi) is 4.21. The van der Waals surface area contributed by atoms with Gasteiger partial charge in [0, 0.05) is 18.8 Å². The third kappa shape index (κ3) is 3.55. The molecule has 1 aromatic heterocycles. The van der Waals surface area contributed by atoms with E-state index < -0.39 is 43.0 Å². The van der Waals surface area contributed by atoms with E-state index in [1.807, 2.05) is 27.7 Å². The summed E-state index contributed by atoms with van der Waals surface area (Å²) >= 11 is 0. The Hall–Kier alpha value is -1.28. The molecule has 0 aromatic carbocycles. The minimum absolute atomic E-state index is 0.421. The smallest absolute Gasteiger partial charge is 0.399 e. The molecule has 0 amide bonds. The third-order valence-electron chi connectivity index (χ3n) is 4.17. The highest BCUT2D eigenvalue weighted by atomic mass is 19.4. The fraction of sp³-hybridized carbons (Fsp3) is 0.643. The van der Waals surface area contributed by atoms with Crippen LogP contribution in [0.5, 0.6) is 0 Å². The van der Waals surface area contributed by atoms with E-state index in [0.29, 0.717) is 5.46 Å². The van der Waals surface area contributed by atoms with E-state index in [9.17, 15) is 18.0 Å². The quantitative estimate of drug-likeness (QED) is 0.802. The Morgan fingerprint density at radius 3 is 2.18 bits per heavy atom. The number of alkyl halides is 3. The molecule has 122 valence electrons. The summed E-state index contributed by atoms with van der Waals surface area (Å²) in [5, 5.41) is 0. The largest absolute Gasteiger partial charge is 0.496 e. The van der Waals surface area contributed by atoms with Gasteiger partial charge in [-0.15, -0.1) is 0 Å². The fourth-order valence-electron chi connectivity index (χ4n) is 2.09. The van der Waals surface area contributed by atoms with Gasteiger partial charge in [0.05, 0.1) is 17.6 Å². The lowest BCUT2D eigenvalue weighted by Gasteiger charge is -2.32. The zero-order valence-corrected chi connectivity index (χ0v) is 13.0. The van der Waals surface area contributed by atoms with Crippen molar-refractivity contribution in [3.63, 3.8) is 0 Å². The molecule has 1 saturated heterocycles. The molecule has 2 rings (SSSR count). The summed E-state index contributed by atoms with van der Waals surface area (Å²) in [4.78, 5) is 11.7. The Morgan fingerprint density at radius 1 is 1.14 bits per heavy atom. The summed E-state index contributed by atoms with van der Waals surface area (Å²) in [7, 11) is -0.706. The van der Waals surface area contributed by atoms with Crippen molar-refractivity contribution in [2.75, 3.05) is 0 Å². The van der Waals surface area contributed by atoms with Crippen molar-refractivity contribution in [2.24, 2.45) is 0 Å². The van der Waals surface area contributed by atoms with Crippen LogP contribution in [-0.2, 0) is 15.9 Å². The van der Waals surface area contributed by atoms with E-state index in [-0.39, 0.29) is 0 Å². The van der Waals surface area contributed by atoms with Crippen LogP contribution < -0.4 is 11.0 Å². The highest BCUT2D eigenvalue weighted by Gasteiger charge is 2.51. The van der Waals surface area contributed by atoms with E-state index in [4.69, 9.17) is 9.31 Å². The molecule has 1 aromatic rings. The minimum Gasteiger partial charge on any atom is -0.399 e. The monoisotopic (exact) mass is 317 g/mol. The van der Waals surface area contributed by atoms with Gasteiger partial charge >= 0.3 is 13.3 Å². The lowest BCUT2D eigenvalue weighted by molar-refractivity contribution is -0.136. The highest BCUT2D eigenvalue weighted by Crippen LogP contribution is 2.36. The van der Waals surface area contributed by atoms with Crippen molar-refractivity contribution in [3.05, 3.63) is 28.7 Å². The van der Waals surface area contributed by atoms with Gasteiger partial charge in [0.2, 0.25) is 5.56 Å². The zero-order valence-electron chi connectivity index (χ0n) is 13.0. The number of nitrogens with zero attached hydrogens (tertiary/aromatic N) is 1. The van der Waals surface area contributed by atoms with Crippen LogP contribution >= 0.6 is 0 Å². The Balaban J connectivity index is 2.22. The van der Waals surface area contributed by atoms with E-state index in [2.05, 4.69) is 0 Å². The number of hydrogen-bond donors (Lipinski definition) is 0. The van der Waals surface area contributed by atoms with Crippen LogP contribution in [0.15, 0.2) is 23.1 Å². The standard InChI is InChI=1S/C14H19BF3NO3/c1-12(2)13(3,4)22-15(21-12)10-5-6-11(20)19(9-10)8-7-14(16,17)18/h5-6,9H,7-8H2,1-4H3. The van der Waals surface area contributed by atoms with Crippen molar-refractivity contribution in [3.8, 4) is 0 Å². The normalized spacial score (nSPS) is 20.4. The predicted octanol–water partition coefficient (Wildman–Crippen LogP) is 2.10. The molecule has 1 fully saturated rings. The maximum atomic E-state index is 12.3. The van der Waals surface area contributed by atoms with Crippen LogP contribution in [0.2, 0.25) is 0 Å². The molecule has 0 spiro atoms. The number of pyridine rings is 1. The van der Waals surface area contributed by atoms with Gasteiger partial charge in [0.1, 0.15) is 0 Å². The van der Waals surface area contributed by atoms with Gasteiger partial charge in [-0.25, -0.2) is 0 Å². The Morgan fingerprint density at radius 2 is 1.68 bits per heavy atom. The van der Waals surface area contributed by atoms with Gasteiger partial charge in [0.25, 0.3) is 0 Å². The van der Waals surface area contributed by atoms with E-state index >= 15 is 0 Å². The fourth-order valence-corrected chi connectivity index (χ4v) is 2.09. The average Bonchev–Trinajstić information content (AvgIpc) is 2.56. The Labute approximate surface area is 127 Å². The molecule has 0 aliphatic carbocycles. The maximum Gasteiger partial charge on any atom is 0.496 e. The van der Waals surface area contributed by atoms with Crippen molar-refractivity contribution >= 4 is 12.6 Å². The van der Waals surface area contributed by atoms with E-state index in [1.165, 1.54) is 18.3 Å². The van der Waals surface area contributed by atoms with Crippen molar-refractivity contribution < 1.29 is 22.5 Å². The van der Waals surface area contributed by atoms with Gasteiger partial charge in [-0.1, -0.05) is 6.07 Å². The molecule has 0 saturated carbocycles. The zero-order chi connectivity index (χ0) is 16.8. The molecular weight excluding hydrogens is 298 g/mol. The number of aryl methyl sites for hydroxylation is 1. The van der Waals surface area contributed by atoms with Crippen LogP contribution in [-0.4, -0.2) is 29.1 Å². The topological polar surface area (TPSA) is 40.5 Å². The molecule has 0 atom stereocenters. The second-order valence-electron chi connectivity index (χ2n) is 6.45. The van der Waals surface area contributed by atoms with Crippen LogP contribution in [0.1, 0.15) is 34.1 Å². The summed E-state index contributed by atoms with van der Waals surface area (Å²) in [6, 6.07) is 2.76. The highest BCUT2D eigenvalue weighted by molar-refractivity contribution is 6.62. The van der Waals surface area contributed by atoms with Gasteiger partial charge in [-0.2, -0.15) is 13.2 Å². The first-order valence-electron chi connectivity index (χ1n) is 7.04. The predicted molar refractivity (Wildman–Crippen MR) is 77.1 cm³/mol. The first-order valence-corrected chi connectivity index (χ1v) is 7.04. The van der Waals surface area contributed by atoms with Crippen LogP contribution in [0.3, 0.4) is 0 Å². The molecule has 22 heavy (non-hydrogen) atoms. The second kappa shape index (κ2) is 5.42. The average molecular weight is 317 g/mol. The molecule has 1 aliphatic rings. The number of aromatic nitrogens is 1. The summed E-state index contributed by atoms with van der Waals surface area (Å²) in [6.45, 7) is 7.11. The molecule has 0 unspecified atom stereocenters. The molecule has 0 radical (unpaired) electrons. The molecular formula is C14H19BF3NO3. The molecule has 1 aliphatic heterocycles. The van der Waals surface area contributed by atoms with Crippen LogP contribution in [0.25, 0.3) is 0 Å². The number of rotatable bonds is 3. The van der Waals surface area contributed by atoms with Gasteiger partial charge in [-0.3, -0.25) is 4.79 Å². The van der Waals surface area contributed by atoms with E-state index in [0.717, 1.165) is 4.57 Å². The van der Waals surface area contributed by atoms with Gasteiger partial charge < -0.3 is 13.9 Å². The van der Waals surface area contributed by atoms with Crippen molar-refractivity contribution in [2.45, 2.75) is 58.0 Å². The van der Waals surface area contributed by atoms with Gasteiger partial charge in [0.15, 0.2) is 0 Å². The van der Waals surface area contributed by atoms with E-state index in [1.54, 1.807) is 0 Å². The molecule has 0 N–H and O–H groups in total. The number of halogens is 3. The first-order chi connectivity index (χ1) is 9.91. The first kappa shape index (κ1) is 17.1. The minimum atomic E-state index is -4.31. The summed E-state index contributed by atoms with van der Waals surface area (Å²) in [5.41, 5.74) is -1.06. The Bertz CT molecular complexity index is 594. The lowest BCUT2D eigenvalue weighted by atomic mass is 9.80. The summed E-state index contributed by atoms with van der Waals surface area (Å²) in [6.07, 6.45) is -3.99. The number of hydrogen-bond acceptors (Lipinski definition) is 3. The van der Waals surface area contributed by atoms with Crippen molar-refractivity contribution in [1.82, 2.24) is 4.57 Å². The van der Waals surface area contributed by atoms with Crippen molar-refractivity contribution in [1.29, 1.82) is 0 Å². The van der Waals surface area contributed by atoms with Crippen LogP contribution in [0.4, 0.5) is 13.2 Å². The lowest BCUT2D eigenvalue weighted by Crippen LogP contribution is -2.41. The summed E-state index contributed by atoms with van der Waals surface area (Å²) < 4.78 is 49.6. The second-order valence-corrected chi connectivity index (χ2v) is 6.45. The summed E-state index contributed by atoms with van der Waals surface area (Å²) in [5.74, 6) is 0. The molecule has 4 nitrogen and oxygen atoms in total. The van der Waals surface area contributed by atoms with Gasteiger partial charge in [-0.05, 0) is 33.2 Å². The molecule has 0 bridgehead atoms. The molecule has 8 heteroatoms. The molecule has 2 heterocycles. The SMILES string of the molecule is CC1(C)OB(c2ccc(=O)n(CCC(F)(F)F)c2)OC1(C)C. The third-order valence-corrected chi connectivity index (χ3v) is 4.17. The van der Waals surface area contributed by atoms with Crippen LogP contribution in [0, 0.1) is 0 Å². The maximum absolute atomic E-state index is 12.3.